The van der Waals surface area contributed by atoms with Crippen LogP contribution in [0.15, 0.2) is 0 Å². The Hall–Kier alpha value is -0.0700. The number of fused-ring (bicyclic) bond motifs is 1. The summed E-state index contributed by atoms with van der Waals surface area (Å²) in [6.07, 6.45) is 12.3. The van der Waals surface area contributed by atoms with Gasteiger partial charge in [-0.05, 0) is 64.0 Å². The van der Waals surface area contributed by atoms with Gasteiger partial charge in [0, 0.05) is 31.3 Å². The van der Waals surface area contributed by atoms with Crippen LogP contribution >= 0.6 is 24.8 Å². The number of likely N-dealkylation sites (tertiary alicyclic amines) is 1. The first-order chi connectivity index (χ1) is 12.3. The molecule has 3 saturated heterocycles. The SMILES string of the molecule is Cl.Cl.O=C(NCC1(N2CCCCC2)CCOCC1)C1CC2CCCCC2N1. The van der Waals surface area contributed by atoms with E-state index in [9.17, 15) is 4.79 Å². The molecule has 0 spiro atoms. The lowest BCUT2D eigenvalue weighted by Crippen LogP contribution is -2.60. The Labute approximate surface area is 176 Å². The van der Waals surface area contributed by atoms with E-state index >= 15 is 0 Å². The van der Waals surface area contributed by atoms with Gasteiger partial charge < -0.3 is 15.4 Å². The normalized spacial score (nSPS) is 33.3. The highest BCUT2D eigenvalue weighted by Gasteiger charge is 2.41. The van der Waals surface area contributed by atoms with Crippen LogP contribution in [0.25, 0.3) is 0 Å². The van der Waals surface area contributed by atoms with E-state index in [2.05, 4.69) is 15.5 Å². The number of hydrogen-bond acceptors (Lipinski definition) is 4. The molecule has 3 unspecified atom stereocenters. The van der Waals surface area contributed by atoms with Crippen molar-refractivity contribution in [3.05, 3.63) is 0 Å². The van der Waals surface area contributed by atoms with E-state index in [1.807, 2.05) is 0 Å². The van der Waals surface area contributed by atoms with E-state index in [1.165, 1.54) is 58.0 Å². The molecule has 1 saturated carbocycles. The summed E-state index contributed by atoms with van der Waals surface area (Å²) in [7, 11) is 0. The van der Waals surface area contributed by atoms with Crippen LogP contribution in [-0.2, 0) is 9.53 Å². The summed E-state index contributed by atoms with van der Waals surface area (Å²) in [5.41, 5.74) is 0.125. The molecule has 0 aromatic heterocycles. The summed E-state index contributed by atoms with van der Waals surface area (Å²) < 4.78 is 5.63. The number of nitrogens with zero attached hydrogens (tertiary/aromatic N) is 1. The lowest BCUT2D eigenvalue weighted by atomic mass is 9.85. The van der Waals surface area contributed by atoms with Gasteiger partial charge in [-0.25, -0.2) is 0 Å². The van der Waals surface area contributed by atoms with Crippen molar-refractivity contribution >= 4 is 30.7 Å². The smallest absolute Gasteiger partial charge is 0.237 e. The first kappa shape index (κ1) is 23.2. The van der Waals surface area contributed by atoms with Crippen molar-refractivity contribution in [3.8, 4) is 0 Å². The van der Waals surface area contributed by atoms with Crippen LogP contribution in [0.5, 0.6) is 0 Å². The number of rotatable bonds is 4. The standard InChI is InChI=1S/C20H35N3O2.2ClH/c24-19(18-14-16-6-2-3-7-17(16)22-18)21-15-20(8-12-25-13-9-20)23-10-4-1-5-11-23;;/h16-18,22H,1-15H2,(H,21,24);2*1H. The Bertz CT molecular complexity index is 454. The van der Waals surface area contributed by atoms with Crippen LogP contribution in [0.4, 0.5) is 0 Å². The minimum Gasteiger partial charge on any atom is -0.381 e. The quantitative estimate of drug-likeness (QED) is 0.732. The van der Waals surface area contributed by atoms with Crippen molar-refractivity contribution in [1.29, 1.82) is 0 Å². The lowest BCUT2D eigenvalue weighted by molar-refractivity contribution is -0.124. The second kappa shape index (κ2) is 10.6. The Morgan fingerprint density at radius 1 is 1.04 bits per heavy atom. The van der Waals surface area contributed by atoms with Crippen LogP contribution in [-0.4, -0.2) is 61.3 Å². The minimum absolute atomic E-state index is 0. The monoisotopic (exact) mass is 421 g/mol. The number of hydrogen-bond donors (Lipinski definition) is 2. The van der Waals surface area contributed by atoms with Crippen molar-refractivity contribution in [1.82, 2.24) is 15.5 Å². The predicted molar refractivity (Wildman–Crippen MR) is 113 cm³/mol. The molecule has 5 nitrogen and oxygen atoms in total. The Kier molecular flexibility index (Phi) is 9.14. The van der Waals surface area contributed by atoms with Gasteiger partial charge in [-0.3, -0.25) is 9.69 Å². The topological polar surface area (TPSA) is 53.6 Å². The Morgan fingerprint density at radius 3 is 2.44 bits per heavy atom. The molecular weight excluding hydrogens is 385 g/mol. The van der Waals surface area contributed by atoms with Gasteiger partial charge in [0.15, 0.2) is 0 Å². The fraction of sp³-hybridized carbons (Fsp3) is 0.950. The number of carbonyl (C=O) groups is 1. The summed E-state index contributed by atoms with van der Waals surface area (Å²) >= 11 is 0. The maximum absolute atomic E-state index is 12.8. The molecule has 3 heterocycles. The van der Waals surface area contributed by atoms with Gasteiger partial charge in [0.1, 0.15) is 0 Å². The highest BCUT2D eigenvalue weighted by Crippen LogP contribution is 2.34. The lowest BCUT2D eigenvalue weighted by Gasteiger charge is -2.48. The zero-order valence-electron chi connectivity index (χ0n) is 16.4. The van der Waals surface area contributed by atoms with Crippen LogP contribution in [0.1, 0.15) is 64.2 Å². The molecule has 4 aliphatic rings. The fourth-order valence-electron chi connectivity index (χ4n) is 5.62. The van der Waals surface area contributed by atoms with Crippen molar-refractivity contribution in [2.45, 2.75) is 81.8 Å². The van der Waals surface area contributed by atoms with Gasteiger partial charge in [-0.15, -0.1) is 24.8 Å². The highest BCUT2D eigenvalue weighted by atomic mass is 35.5. The van der Waals surface area contributed by atoms with Gasteiger partial charge >= 0.3 is 0 Å². The van der Waals surface area contributed by atoms with Gasteiger partial charge in [0.05, 0.1) is 6.04 Å². The molecule has 4 fully saturated rings. The predicted octanol–water partition coefficient (Wildman–Crippen LogP) is 2.90. The molecule has 1 amide bonds. The number of carbonyl (C=O) groups excluding carboxylic acids is 1. The highest BCUT2D eigenvalue weighted by molar-refractivity contribution is 5.85. The van der Waals surface area contributed by atoms with Crippen LogP contribution in [0, 0.1) is 5.92 Å². The van der Waals surface area contributed by atoms with Gasteiger partial charge in [-0.1, -0.05) is 19.3 Å². The second-order valence-electron chi connectivity index (χ2n) is 8.71. The zero-order chi connectivity index (χ0) is 17.1. The molecule has 158 valence electrons. The molecule has 0 radical (unpaired) electrons. The van der Waals surface area contributed by atoms with Gasteiger partial charge in [0.25, 0.3) is 0 Å². The van der Waals surface area contributed by atoms with Crippen molar-refractivity contribution < 1.29 is 9.53 Å². The van der Waals surface area contributed by atoms with Crippen LogP contribution < -0.4 is 10.6 Å². The van der Waals surface area contributed by atoms with Crippen LogP contribution in [0.2, 0.25) is 0 Å². The Morgan fingerprint density at radius 2 is 1.74 bits per heavy atom. The zero-order valence-corrected chi connectivity index (χ0v) is 18.1. The maximum atomic E-state index is 12.8. The summed E-state index contributed by atoms with van der Waals surface area (Å²) in [6.45, 7) is 4.82. The summed E-state index contributed by atoms with van der Waals surface area (Å²) in [5.74, 6) is 0.959. The fourth-order valence-corrected chi connectivity index (χ4v) is 5.62. The molecule has 3 atom stereocenters. The third-order valence-electron chi connectivity index (χ3n) is 7.22. The summed E-state index contributed by atoms with van der Waals surface area (Å²) in [6, 6.07) is 0.620. The Balaban J connectivity index is 0.00000131. The number of amides is 1. The third kappa shape index (κ3) is 5.30. The van der Waals surface area contributed by atoms with Crippen molar-refractivity contribution in [3.63, 3.8) is 0 Å². The molecule has 0 bridgehead atoms. The molecule has 0 aromatic carbocycles. The molecule has 2 N–H and O–H groups in total. The van der Waals surface area contributed by atoms with E-state index in [4.69, 9.17) is 4.74 Å². The van der Waals surface area contributed by atoms with Gasteiger partial charge in [-0.2, -0.15) is 0 Å². The molecule has 1 aliphatic carbocycles. The first-order valence-electron chi connectivity index (χ1n) is 10.6. The van der Waals surface area contributed by atoms with Crippen LogP contribution in [0.3, 0.4) is 0 Å². The van der Waals surface area contributed by atoms with E-state index in [0.717, 1.165) is 44.9 Å². The molecule has 4 rings (SSSR count). The summed E-state index contributed by atoms with van der Waals surface area (Å²) in [4.78, 5) is 15.5. The maximum Gasteiger partial charge on any atom is 0.237 e. The number of ether oxygens (including phenoxy) is 1. The number of nitrogens with one attached hydrogen (secondary N) is 2. The molecule has 3 aliphatic heterocycles. The average Bonchev–Trinajstić information content (AvgIpc) is 3.12. The van der Waals surface area contributed by atoms with Crippen molar-refractivity contribution in [2.24, 2.45) is 5.92 Å². The number of piperidine rings is 1. The van der Waals surface area contributed by atoms with E-state index in [-0.39, 0.29) is 42.3 Å². The molecule has 27 heavy (non-hydrogen) atoms. The first-order valence-corrected chi connectivity index (χ1v) is 10.6. The minimum atomic E-state index is 0. The molecule has 0 aromatic rings. The molecule has 7 heteroatoms. The van der Waals surface area contributed by atoms with Gasteiger partial charge in [0.2, 0.25) is 5.91 Å². The number of halogens is 2. The van der Waals surface area contributed by atoms with E-state index in [1.54, 1.807) is 0 Å². The van der Waals surface area contributed by atoms with E-state index in [0.29, 0.717) is 6.04 Å². The second-order valence-corrected chi connectivity index (χ2v) is 8.71. The molecular formula is C20H37Cl2N3O2. The summed E-state index contributed by atoms with van der Waals surface area (Å²) in [5, 5.41) is 6.97. The van der Waals surface area contributed by atoms with E-state index < -0.39 is 0 Å². The largest absolute Gasteiger partial charge is 0.381 e. The average molecular weight is 422 g/mol. The van der Waals surface area contributed by atoms with Crippen molar-refractivity contribution in [2.75, 3.05) is 32.8 Å². The third-order valence-corrected chi connectivity index (χ3v) is 7.22.